The minimum absolute atomic E-state index is 0.00466. The number of aromatic hydroxyl groups is 1. The molecule has 10 aromatic heterocycles. The molecule has 12 aromatic rings. The number of hydrogen-bond donors (Lipinski definition) is 10. The summed E-state index contributed by atoms with van der Waals surface area (Å²) in [7, 11) is 2.09. The number of hydrogen-bond acceptors (Lipinski definition) is 22. The van der Waals surface area contributed by atoms with E-state index in [4.69, 9.17) is 56.5 Å². The molecule has 2 atom stereocenters. The lowest BCUT2D eigenvalue weighted by molar-refractivity contribution is -0.368. The largest absolute Gasteiger partial charge is 0.542 e. The molecule has 0 bridgehead atoms. The van der Waals surface area contributed by atoms with E-state index in [2.05, 4.69) is 59.4 Å². The maximum Gasteiger partial charge on any atom is 0.430 e. The van der Waals surface area contributed by atoms with Crippen molar-refractivity contribution in [2.75, 3.05) is 52.5 Å². The molecule has 35 nitrogen and oxygen atoms in total. The number of halogens is 4. The number of quaternary nitrogens is 1. The number of alkyl halides is 3. The molecule has 0 fully saturated rings. The van der Waals surface area contributed by atoms with Crippen LogP contribution in [0.3, 0.4) is 0 Å². The average molecular weight is 1810 g/mol. The summed E-state index contributed by atoms with van der Waals surface area (Å²) in [6.45, 7) is 11.5. The highest BCUT2D eigenvalue weighted by Gasteiger charge is 2.29. The van der Waals surface area contributed by atoms with Gasteiger partial charge in [-0.05, 0) is 156 Å². The van der Waals surface area contributed by atoms with E-state index in [9.17, 15) is 88.2 Å². The lowest BCUT2D eigenvalue weighted by Crippen LogP contribution is -2.50. The number of benzene rings is 2. The van der Waals surface area contributed by atoms with E-state index in [-0.39, 0.29) is 44.3 Å². The topological polar surface area (TPSA) is 511 Å². The first kappa shape index (κ1) is 102. The Hall–Kier alpha value is -14.1. The van der Waals surface area contributed by atoms with Crippen molar-refractivity contribution >= 4 is 111 Å². The zero-order chi connectivity index (χ0) is 93.7. The molecule has 0 aliphatic carbocycles. The van der Waals surface area contributed by atoms with Crippen LogP contribution < -0.4 is 78.0 Å². The molecule has 2 aromatic carbocycles. The van der Waals surface area contributed by atoms with E-state index in [0.717, 1.165) is 47.1 Å². The summed E-state index contributed by atoms with van der Waals surface area (Å²) in [4.78, 5) is 134. The third kappa shape index (κ3) is 34.9. The number of pyridine rings is 10. The van der Waals surface area contributed by atoms with Gasteiger partial charge in [-0.2, -0.15) is 17.9 Å². The number of fused-ring (bicyclic) bond motifs is 4. The highest BCUT2D eigenvalue weighted by molar-refractivity contribution is 7.89. The van der Waals surface area contributed by atoms with Gasteiger partial charge < -0.3 is 66.4 Å². The second-order valence-corrected chi connectivity index (χ2v) is 30.9. The molecule has 0 unspecified atom stereocenters. The van der Waals surface area contributed by atoms with Crippen LogP contribution in [-0.4, -0.2) is 188 Å². The molecule has 12 N–H and O–H groups in total. The minimum Gasteiger partial charge on any atom is -0.542 e. The molecule has 0 saturated heterocycles. The smallest absolute Gasteiger partial charge is 0.430 e. The number of amides is 4. The van der Waals surface area contributed by atoms with Crippen LogP contribution in [0.1, 0.15) is 79.8 Å². The molecule has 4 amide bonds. The summed E-state index contributed by atoms with van der Waals surface area (Å²) in [5, 5.41) is 47.0. The molecule has 0 saturated carbocycles. The number of aromatic nitrogens is 6. The fourth-order valence-corrected chi connectivity index (χ4v) is 13.4. The highest BCUT2D eigenvalue weighted by atomic mass is 35.5. The Balaban J connectivity index is 0.000000248. The van der Waals surface area contributed by atoms with Gasteiger partial charge >= 0.3 is 18.1 Å². The van der Waals surface area contributed by atoms with Gasteiger partial charge in [0.2, 0.25) is 20.0 Å². The van der Waals surface area contributed by atoms with Crippen molar-refractivity contribution in [2.24, 2.45) is 0 Å². The molecular weight excluding hydrogens is 1720 g/mol. The Bertz CT molecular complexity index is 6260. The Morgan fingerprint density at radius 1 is 0.504 bits per heavy atom. The Labute approximate surface area is 731 Å². The molecule has 127 heavy (non-hydrogen) atoms. The summed E-state index contributed by atoms with van der Waals surface area (Å²) in [6.07, 6.45) is 6.33. The lowest BCUT2D eigenvalue weighted by atomic mass is 10.1. The molecule has 4 radical (unpaired) electrons. The molecule has 43 heteroatoms. The number of aliphatic carboxylic acids is 2. The molecule has 0 aliphatic rings. The maximum atomic E-state index is 12.7. The summed E-state index contributed by atoms with van der Waals surface area (Å²) < 4.78 is 108. The molecule has 10 heterocycles. The van der Waals surface area contributed by atoms with Crippen LogP contribution in [0.25, 0.3) is 22.1 Å². The zero-order valence-electron chi connectivity index (χ0n) is 68.7. The number of carboxylic acid groups (broad SMARTS) is 3. The summed E-state index contributed by atoms with van der Waals surface area (Å²) in [5.74, 6) is -6.40. The van der Waals surface area contributed by atoms with Gasteiger partial charge in [-0.15, -0.1) is 0 Å². The highest BCUT2D eigenvalue weighted by Crippen LogP contribution is 2.20. The second kappa shape index (κ2) is 49.4. The predicted molar refractivity (Wildman–Crippen MR) is 462 cm³/mol. The van der Waals surface area contributed by atoms with E-state index in [1.165, 1.54) is 108 Å². The van der Waals surface area contributed by atoms with Crippen molar-refractivity contribution in [3.63, 3.8) is 0 Å². The monoisotopic (exact) mass is 1810 g/mol. The van der Waals surface area contributed by atoms with Crippen LogP contribution in [0.15, 0.2) is 248 Å². The van der Waals surface area contributed by atoms with Gasteiger partial charge in [0.05, 0.1) is 63.8 Å². The second-order valence-electron chi connectivity index (χ2n) is 27.1. The van der Waals surface area contributed by atoms with E-state index in [1.54, 1.807) is 98.2 Å². The van der Waals surface area contributed by atoms with E-state index in [1.807, 2.05) is 45.2 Å². The first-order chi connectivity index (χ1) is 60.0. The fraction of sp³-hybridized carbons (Fsp3) is 0.226. The Morgan fingerprint density at radius 2 is 0.898 bits per heavy atom. The molecule has 666 valence electrons. The maximum absolute atomic E-state index is 12.7. The standard InChI is InChI=1S/C23H25BN4O6S.C22H24N4O7S.C14H13BN2O5.C10H9NO2.C7H9N.C6H6ClN.C2HF3O2/c1-16(27-35(32,33)20-6-3-2-4-7-20)15-26-22(30)17-12-18-14-19(8-10-28(18)21(29)13-17)34-11-5-9-25-23(24)31;23-8-4-10-33-17-7-9-26-16(13-17)11-15(12-20(26)27)21(28)24-14-19(22(29)30)25-34(31,32)18-5-2-1-3-6-18;15-14(21)16-3-1-5-22-11-2-4-17-10(8-11)6-9(13(19)20)7-12(17)18;1-7-4-8-6-9(12)2-3-11(8)10(13)5-7;1-6-3-4-8-7(2)5-6;1-5-4-6(7)2-3-8-5;3-2(4,5)1(6)7/h2-4,6-8,10,12-14,16,27H,5,9,11,15H2,1H3,(H,25,31)(H,26,30);1-3,5-7,9,11-13,19,25H,4,8,10,14,23H2,(H,24,28)(H,29,30);2,4,6-8H,1,3,5H2,(H,16,21)(H,19,20);2-6,12H,1H3;3-5H,1-2H3;2-4H,1H3;(H,6,7)/t16-;19-;;;;;/m10...../s1. The minimum atomic E-state index is -5.19. The number of aryl methyl sites for hydroxylation is 4. The summed E-state index contributed by atoms with van der Waals surface area (Å²) in [5.41, 5.74) is 8.65. The third-order valence-corrected chi connectivity index (χ3v) is 20.0. The van der Waals surface area contributed by atoms with Crippen molar-refractivity contribution in [3.8, 4) is 23.0 Å². The first-order valence-electron chi connectivity index (χ1n) is 38.0. The number of aromatic carboxylic acids is 1. The number of carbonyl (C=O) groups excluding carboxylic acids is 5. The summed E-state index contributed by atoms with van der Waals surface area (Å²) >= 11 is 5.60. The molecule has 0 spiro atoms. The SMILES string of the molecule is Cc1cc(=O)n2ccc(O)cc2c1.Cc1cc(Cl)ccn1.Cc1ccnc(C)c1.O=C([O-])C(F)(F)F.[B]C(=O)NCCCOc1ccn2c(=O)cc(C(=O)NC[C@@H](C)NS(=O)(=O)c3ccccc3)cc2c1.[B]C(=O)NCCCOc1ccn2c(=O)cc(C(=O)O)cc2c1.[NH3+]CCCOc1ccn2c(=O)cc(C(=O)NC[C@H](NS(=O)(=O)c3ccccc3)C(=O)O)cc2c1. The van der Waals surface area contributed by atoms with Gasteiger partial charge in [0.15, 0.2) is 27.3 Å². The van der Waals surface area contributed by atoms with Crippen molar-refractivity contribution in [3.05, 3.63) is 305 Å². The number of sulfonamides is 2. The van der Waals surface area contributed by atoms with Crippen molar-refractivity contribution in [1.82, 2.24) is 58.3 Å². The van der Waals surface area contributed by atoms with E-state index >= 15 is 0 Å². The predicted octanol–water partition coefficient (Wildman–Crippen LogP) is 5.51. The van der Waals surface area contributed by atoms with Crippen LogP contribution in [0.4, 0.5) is 22.8 Å². The van der Waals surface area contributed by atoms with Crippen LogP contribution in [-0.2, 0) is 29.6 Å². The van der Waals surface area contributed by atoms with Crippen LogP contribution >= 0.6 is 11.6 Å². The van der Waals surface area contributed by atoms with Crippen LogP contribution in [0.2, 0.25) is 5.02 Å². The van der Waals surface area contributed by atoms with Gasteiger partial charge in [0, 0.05) is 152 Å². The van der Waals surface area contributed by atoms with Gasteiger partial charge in [-0.1, -0.05) is 48.0 Å². The quantitative estimate of drug-likeness (QED) is 0.0213. The zero-order valence-corrected chi connectivity index (χ0v) is 71.1. The third-order valence-electron chi connectivity index (χ3n) is 16.7. The number of ether oxygens (including phenoxy) is 3. The first-order valence-corrected chi connectivity index (χ1v) is 41.4. The van der Waals surface area contributed by atoms with Gasteiger partial charge in [-0.3, -0.25) is 70.7 Å². The number of carboxylic acids is 3. The van der Waals surface area contributed by atoms with Crippen LogP contribution in [0.5, 0.6) is 23.0 Å². The van der Waals surface area contributed by atoms with Crippen LogP contribution in [0, 0.1) is 27.7 Å². The molecule has 0 aliphatic heterocycles. The van der Waals surface area contributed by atoms with Crippen molar-refractivity contribution in [1.29, 1.82) is 0 Å². The number of carbonyl (C=O) groups is 7. The molecule has 12 rings (SSSR count). The lowest BCUT2D eigenvalue weighted by Gasteiger charge is -2.16. The normalized spacial score (nSPS) is 11.3. The van der Waals surface area contributed by atoms with Crippen molar-refractivity contribution < 1.29 is 104 Å². The van der Waals surface area contributed by atoms with E-state index < -0.39 is 103 Å². The fourth-order valence-electron chi connectivity index (χ4n) is 10.7. The summed E-state index contributed by atoms with van der Waals surface area (Å²) in [6, 6.07) is 44.5. The van der Waals surface area contributed by atoms with Gasteiger partial charge in [0.1, 0.15) is 35.0 Å². The van der Waals surface area contributed by atoms with Gasteiger partial charge in [0.25, 0.3) is 34.1 Å². The van der Waals surface area contributed by atoms with E-state index in [0.29, 0.717) is 85.1 Å². The Morgan fingerprint density at radius 3 is 1.28 bits per heavy atom. The van der Waals surface area contributed by atoms with Gasteiger partial charge in [-0.25, -0.2) is 26.4 Å². The number of nitrogens with one attached hydrogen (secondary N) is 6. The number of rotatable bonds is 28. The average Bonchev–Trinajstić information content (AvgIpc) is 0.810. The van der Waals surface area contributed by atoms with Crippen molar-refractivity contribution in [2.45, 2.75) is 81.9 Å². The Kier molecular flexibility index (Phi) is 39.6. The molecular formula is C84H87B2ClF3N13O22S2. The number of nitrogens with zero attached hydrogens (tertiary/aromatic N) is 6.